The molecule has 2 heterocycles. The normalized spacial score (nSPS) is 19.2. The minimum absolute atomic E-state index is 0.293. The molecule has 2 aromatic rings. The molecule has 3 nitrogen and oxygen atoms in total. The molecule has 0 aromatic heterocycles. The van der Waals surface area contributed by atoms with Crippen LogP contribution in [-0.4, -0.2) is 18.2 Å². The molecule has 1 fully saturated rings. The first kappa shape index (κ1) is 17.0. The van der Waals surface area contributed by atoms with E-state index in [0.29, 0.717) is 17.9 Å². The molecule has 0 unspecified atom stereocenters. The number of benzene rings is 2. The topological polar surface area (TPSA) is 15.7 Å². The van der Waals surface area contributed by atoms with Crippen molar-refractivity contribution in [2.24, 2.45) is 0 Å². The molecule has 1 saturated heterocycles. The molecule has 0 spiro atoms. The number of fused-ring (bicyclic) bond motifs is 1. The van der Waals surface area contributed by atoms with Crippen LogP contribution in [0.15, 0.2) is 60.6 Å². The van der Waals surface area contributed by atoms with E-state index in [2.05, 4.69) is 92.2 Å². The van der Waals surface area contributed by atoms with Crippen LogP contribution in [0.3, 0.4) is 0 Å². The first-order chi connectivity index (χ1) is 12.6. The van der Waals surface area contributed by atoms with Crippen molar-refractivity contribution in [2.45, 2.75) is 45.6 Å². The molecular weight excluding hydrogens is 320 g/mol. The molecule has 4 rings (SSSR count). The third-order valence-corrected chi connectivity index (χ3v) is 5.43. The van der Waals surface area contributed by atoms with Gasteiger partial charge in [-0.05, 0) is 28.5 Å². The van der Waals surface area contributed by atoms with Crippen molar-refractivity contribution in [3.05, 3.63) is 77.3 Å². The van der Waals surface area contributed by atoms with E-state index >= 15 is 0 Å². The van der Waals surface area contributed by atoms with E-state index in [-0.39, 0.29) is 0 Å². The number of nitrogens with zero attached hydrogens (tertiary/aromatic N) is 2. The molecule has 1 atom stereocenters. The van der Waals surface area contributed by atoms with Crippen LogP contribution in [0.1, 0.15) is 62.3 Å². The number of anilines is 1. The van der Waals surface area contributed by atoms with Crippen LogP contribution in [0.5, 0.6) is 0 Å². The molecular formula is C23H28N2O. The maximum absolute atomic E-state index is 6.04. The zero-order chi connectivity index (χ0) is 18.3. The summed E-state index contributed by atoms with van der Waals surface area (Å²) in [6.45, 7) is 10.7. The molecule has 0 N–H and O–H groups in total. The molecule has 0 radical (unpaired) electrons. The first-order valence-corrected chi connectivity index (χ1v) is 9.62. The highest BCUT2D eigenvalue weighted by atomic mass is 16.5. The van der Waals surface area contributed by atoms with Crippen LogP contribution in [0.25, 0.3) is 0 Å². The lowest BCUT2D eigenvalue weighted by Crippen LogP contribution is -2.29. The van der Waals surface area contributed by atoms with Gasteiger partial charge in [0.1, 0.15) is 6.61 Å². The first-order valence-electron chi connectivity index (χ1n) is 9.62. The maximum Gasteiger partial charge on any atom is 0.208 e. The number of ether oxygens (including phenoxy) is 1. The summed E-state index contributed by atoms with van der Waals surface area (Å²) in [5.74, 6) is 1.97. The van der Waals surface area contributed by atoms with Crippen molar-refractivity contribution in [2.75, 3.05) is 18.2 Å². The standard InChI is InChI=1S/C23H28N2O/c1-16(2)19-11-8-12-20(17(3)4)23(19)24-13-22-25(15-24)21(14-26-22)18-9-6-5-7-10-18/h5-13,16-17,21H,14-15H2,1-4H3/t21-/m1/s1. The zero-order valence-electron chi connectivity index (χ0n) is 16.1. The molecule has 2 aliphatic heterocycles. The fraction of sp³-hybridized carbons (Fsp3) is 0.391. The molecule has 0 saturated carbocycles. The molecule has 0 bridgehead atoms. The molecule has 0 amide bonds. The Bertz CT molecular complexity index is 784. The summed E-state index contributed by atoms with van der Waals surface area (Å²) in [7, 11) is 0. The Labute approximate surface area is 156 Å². The quantitative estimate of drug-likeness (QED) is 0.717. The lowest BCUT2D eigenvalue weighted by Gasteiger charge is -2.29. The highest BCUT2D eigenvalue weighted by Gasteiger charge is 2.37. The van der Waals surface area contributed by atoms with Crippen molar-refractivity contribution in [1.82, 2.24) is 4.90 Å². The van der Waals surface area contributed by atoms with Gasteiger partial charge in [-0.3, -0.25) is 0 Å². The van der Waals surface area contributed by atoms with Crippen molar-refractivity contribution in [3.63, 3.8) is 0 Å². The summed E-state index contributed by atoms with van der Waals surface area (Å²) >= 11 is 0. The Morgan fingerprint density at radius 1 is 0.885 bits per heavy atom. The van der Waals surface area contributed by atoms with Crippen LogP contribution in [0, 0.1) is 0 Å². The second-order valence-corrected chi connectivity index (χ2v) is 7.88. The summed E-state index contributed by atoms with van der Waals surface area (Å²) in [4.78, 5) is 4.77. The van der Waals surface area contributed by atoms with E-state index < -0.39 is 0 Å². The summed E-state index contributed by atoms with van der Waals surface area (Å²) in [5, 5.41) is 0. The van der Waals surface area contributed by atoms with E-state index in [1.54, 1.807) is 0 Å². The van der Waals surface area contributed by atoms with Gasteiger partial charge in [-0.15, -0.1) is 0 Å². The monoisotopic (exact) mass is 348 g/mol. The van der Waals surface area contributed by atoms with Crippen LogP contribution in [-0.2, 0) is 4.74 Å². The van der Waals surface area contributed by atoms with Gasteiger partial charge in [-0.25, -0.2) is 0 Å². The Morgan fingerprint density at radius 3 is 2.15 bits per heavy atom. The van der Waals surface area contributed by atoms with E-state index in [1.165, 1.54) is 22.4 Å². The van der Waals surface area contributed by atoms with Gasteiger partial charge in [-0.2, -0.15) is 0 Å². The summed E-state index contributed by atoms with van der Waals surface area (Å²) in [5.41, 5.74) is 5.49. The van der Waals surface area contributed by atoms with E-state index in [1.807, 2.05) is 0 Å². The molecule has 2 aromatic carbocycles. The third kappa shape index (κ3) is 2.86. The SMILES string of the molecule is CC(C)c1cccc(C(C)C)c1N1C=C2OC[C@H](c3ccccc3)N2C1. The largest absolute Gasteiger partial charge is 0.475 e. The van der Waals surface area contributed by atoms with Gasteiger partial charge in [-0.1, -0.05) is 76.2 Å². The molecule has 3 heteroatoms. The Hall–Kier alpha value is -2.42. The Morgan fingerprint density at radius 2 is 1.54 bits per heavy atom. The smallest absolute Gasteiger partial charge is 0.208 e. The van der Waals surface area contributed by atoms with E-state index in [0.717, 1.165) is 19.2 Å². The predicted molar refractivity (Wildman–Crippen MR) is 107 cm³/mol. The van der Waals surface area contributed by atoms with Crippen LogP contribution in [0.2, 0.25) is 0 Å². The maximum atomic E-state index is 6.04. The zero-order valence-corrected chi connectivity index (χ0v) is 16.1. The lowest BCUT2D eigenvalue weighted by atomic mass is 9.92. The second-order valence-electron chi connectivity index (χ2n) is 7.88. The predicted octanol–water partition coefficient (Wildman–Crippen LogP) is 5.58. The minimum atomic E-state index is 0.293. The van der Waals surface area contributed by atoms with E-state index in [9.17, 15) is 0 Å². The summed E-state index contributed by atoms with van der Waals surface area (Å²) in [6, 6.07) is 17.7. The van der Waals surface area contributed by atoms with Crippen molar-refractivity contribution >= 4 is 5.69 Å². The minimum Gasteiger partial charge on any atom is -0.475 e. The van der Waals surface area contributed by atoms with Gasteiger partial charge < -0.3 is 14.5 Å². The van der Waals surface area contributed by atoms with Gasteiger partial charge in [0.2, 0.25) is 5.88 Å². The van der Waals surface area contributed by atoms with Gasteiger partial charge in [0, 0.05) is 5.69 Å². The van der Waals surface area contributed by atoms with Crippen LogP contribution in [0.4, 0.5) is 5.69 Å². The van der Waals surface area contributed by atoms with E-state index in [4.69, 9.17) is 4.74 Å². The lowest BCUT2D eigenvalue weighted by molar-refractivity contribution is 0.245. The molecule has 26 heavy (non-hydrogen) atoms. The molecule has 136 valence electrons. The Balaban J connectivity index is 1.69. The van der Waals surface area contributed by atoms with Crippen LogP contribution >= 0.6 is 0 Å². The van der Waals surface area contributed by atoms with Gasteiger partial charge in [0.15, 0.2) is 0 Å². The third-order valence-electron chi connectivity index (χ3n) is 5.43. The fourth-order valence-corrected chi connectivity index (χ4v) is 4.04. The van der Waals surface area contributed by atoms with Gasteiger partial charge >= 0.3 is 0 Å². The molecule has 2 aliphatic rings. The highest BCUT2D eigenvalue weighted by molar-refractivity contribution is 5.64. The molecule has 0 aliphatic carbocycles. The number of para-hydroxylation sites is 1. The van der Waals surface area contributed by atoms with Crippen molar-refractivity contribution < 1.29 is 4.74 Å². The van der Waals surface area contributed by atoms with Crippen molar-refractivity contribution in [1.29, 1.82) is 0 Å². The number of hydrogen-bond donors (Lipinski definition) is 0. The highest BCUT2D eigenvalue weighted by Crippen LogP contribution is 2.42. The van der Waals surface area contributed by atoms with Crippen LogP contribution < -0.4 is 4.90 Å². The van der Waals surface area contributed by atoms with Crippen molar-refractivity contribution in [3.8, 4) is 0 Å². The van der Waals surface area contributed by atoms with Gasteiger partial charge in [0.25, 0.3) is 0 Å². The average Bonchev–Trinajstić information content (AvgIpc) is 3.22. The average molecular weight is 348 g/mol. The fourth-order valence-electron chi connectivity index (χ4n) is 4.04. The Kier molecular flexibility index (Phi) is 4.39. The summed E-state index contributed by atoms with van der Waals surface area (Å²) < 4.78 is 6.04. The number of hydrogen-bond acceptors (Lipinski definition) is 3. The second kappa shape index (κ2) is 6.71. The summed E-state index contributed by atoms with van der Waals surface area (Å²) in [6.07, 6.45) is 2.19. The number of rotatable bonds is 4. The van der Waals surface area contributed by atoms with Gasteiger partial charge in [0.05, 0.1) is 18.9 Å².